The second kappa shape index (κ2) is 8.49. The minimum atomic E-state index is -0.460. The molecule has 0 aliphatic rings. The van der Waals surface area contributed by atoms with Gasteiger partial charge < -0.3 is 5.11 Å². The summed E-state index contributed by atoms with van der Waals surface area (Å²) >= 11 is 2.06. The van der Waals surface area contributed by atoms with Crippen LogP contribution in [0, 0.1) is 9.39 Å². The summed E-state index contributed by atoms with van der Waals surface area (Å²) in [5.41, 5.74) is 1.81. The number of pyridine rings is 1. The molecule has 0 radical (unpaired) electrons. The van der Waals surface area contributed by atoms with Gasteiger partial charge in [-0.15, -0.1) is 0 Å². The van der Waals surface area contributed by atoms with E-state index in [0.29, 0.717) is 36.0 Å². The summed E-state index contributed by atoms with van der Waals surface area (Å²) in [5, 5.41) is 9.61. The van der Waals surface area contributed by atoms with E-state index in [0.717, 1.165) is 3.57 Å². The molecule has 5 heteroatoms. The van der Waals surface area contributed by atoms with Crippen molar-refractivity contribution in [3.8, 4) is 0 Å². The second-order valence-electron chi connectivity index (χ2n) is 5.47. The lowest BCUT2D eigenvalue weighted by molar-refractivity contribution is 0.0936. The summed E-state index contributed by atoms with van der Waals surface area (Å²) in [6, 6.07) is 6.72. The van der Waals surface area contributed by atoms with Crippen molar-refractivity contribution < 1.29 is 14.3 Å². The quantitative estimate of drug-likeness (QED) is 0.534. The highest BCUT2D eigenvalue weighted by molar-refractivity contribution is 14.1. The lowest BCUT2D eigenvalue weighted by Gasteiger charge is -2.11. The van der Waals surface area contributed by atoms with Crippen molar-refractivity contribution in [1.82, 2.24) is 4.98 Å². The van der Waals surface area contributed by atoms with Crippen molar-refractivity contribution >= 4 is 28.4 Å². The Balaban J connectivity index is 2.18. The maximum absolute atomic E-state index is 14.0. The molecule has 2 aromatic rings. The van der Waals surface area contributed by atoms with Crippen LogP contribution in [-0.4, -0.2) is 22.0 Å². The number of ketones is 1. The Bertz CT molecular complexity index is 690. The van der Waals surface area contributed by atoms with Crippen LogP contribution >= 0.6 is 22.6 Å². The molecule has 0 saturated carbocycles. The minimum absolute atomic E-state index is 0.0409. The number of hydrogen-bond donors (Lipinski definition) is 1. The summed E-state index contributed by atoms with van der Waals surface area (Å²) in [6.07, 6.45) is 4.39. The Labute approximate surface area is 149 Å². The lowest BCUT2D eigenvalue weighted by Crippen LogP contribution is -2.11. The number of aliphatic hydroxyl groups excluding tert-OH is 1. The maximum Gasteiger partial charge on any atom is 0.163 e. The van der Waals surface area contributed by atoms with Crippen LogP contribution in [0.3, 0.4) is 0 Å². The Kier molecular flexibility index (Phi) is 6.65. The number of benzene rings is 1. The molecule has 1 heterocycles. The number of aliphatic hydroxyl groups is 1. The SMILES string of the molecule is CC[C@@H](O)CCC(=O)c1ccncc1Cc1ccc(I)cc1F. The van der Waals surface area contributed by atoms with Gasteiger partial charge in [0.2, 0.25) is 0 Å². The van der Waals surface area contributed by atoms with E-state index in [1.807, 2.05) is 13.0 Å². The molecule has 0 aliphatic carbocycles. The van der Waals surface area contributed by atoms with Crippen LogP contribution in [0.4, 0.5) is 4.39 Å². The fraction of sp³-hybridized carbons (Fsp3) is 0.333. The number of aromatic nitrogens is 1. The molecule has 1 aromatic heterocycles. The van der Waals surface area contributed by atoms with Crippen LogP contribution in [0.25, 0.3) is 0 Å². The second-order valence-corrected chi connectivity index (χ2v) is 6.71. The predicted octanol–water partition coefficient (Wildman–Crippen LogP) is 4.15. The van der Waals surface area contributed by atoms with E-state index in [4.69, 9.17) is 0 Å². The maximum atomic E-state index is 14.0. The van der Waals surface area contributed by atoms with Gasteiger partial charge in [-0.1, -0.05) is 13.0 Å². The first kappa shape index (κ1) is 18.0. The molecule has 0 spiro atoms. The van der Waals surface area contributed by atoms with Gasteiger partial charge in [0.25, 0.3) is 0 Å². The first-order valence-corrected chi connectivity index (χ1v) is 8.67. The minimum Gasteiger partial charge on any atom is -0.393 e. The Hall–Kier alpha value is -1.34. The van der Waals surface area contributed by atoms with Crippen LogP contribution in [0.15, 0.2) is 36.7 Å². The van der Waals surface area contributed by atoms with Crippen molar-refractivity contribution in [3.63, 3.8) is 0 Å². The van der Waals surface area contributed by atoms with Crippen molar-refractivity contribution in [2.75, 3.05) is 0 Å². The van der Waals surface area contributed by atoms with Gasteiger partial charge in [-0.05, 0) is 64.8 Å². The van der Waals surface area contributed by atoms with E-state index in [9.17, 15) is 14.3 Å². The van der Waals surface area contributed by atoms with Gasteiger partial charge in [0.1, 0.15) is 5.82 Å². The Morgan fingerprint density at radius 2 is 2.13 bits per heavy atom. The molecule has 2 rings (SSSR count). The first-order valence-electron chi connectivity index (χ1n) is 7.59. The van der Waals surface area contributed by atoms with Crippen molar-refractivity contribution in [3.05, 3.63) is 62.7 Å². The Morgan fingerprint density at radius 1 is 1.35 bits per heavy atom. The van der Waals surface area contributed by atoms with Gasteiger partial charge in [-0.25, -0.2) is 4.39 Å². The molecule has 0 unspecified atom stereocenters. The monoisotopic (exact) mass is 427 g/mol. The molecule has 23 heavy (non-hydrogen) atoms. The normalized spacial score (nSPS) is 12.2. The zero-order chi connectivity index (χ0) is 16.8. The van der Waals surface area contributed by atoms with E-state index >= 15 is 0 Å². The molecule has 0 bridgehead atoms. The van der Waals surface area contributed by atoms with Gasteiger partial charge in [-0.3, -0.25) is 9.78 Å². The molecule has 0 saturated heterocycles. The molecule has 3 nitrogen and oxygen atoms in total. The van der Waals surface area contributed by atoms with Gasteiger partial charge in [0.15, 0.2) is 5.78 Å². The molecule has 0 amide bonds. The molecule has 1 atom stereocenters. The molecule has 122 valence electrons. The third-order valence-electron chi connectivity index (χ3n) is 3.78. The fourth-order valence-corrected chi connectivity index (χ4v) is 2.80. The third kappa shape index (κ3) is 5.07. The van der Waals surface area contributed by atoms with E-state index in [2.05, 4.69) is 27.6 Å². The van der Waals surface area contributed by atoms with Crippen molar-refractivity contribution in [2.45, 2.75) is 38.7 Å². The average molecular weight is 427 g/mol. The number of rotatable bonds is 7. The zero-order valence-corrected chi connectivity index (χ0v) is 15.1. The molecule has 0 aliphatic heterocycles. The van der Waals surface area contributed by atoms with E-state index in [1.165, 1.54) is 6.07 Å². The molecule has 1 aromatic carbocycles. The standard InChI is InChI=1S/C18H19FINO2/c1-2-15(22)5-6-18(23)16-7-8-21-11-13(16)9-12-3-4-14(20)10-17(12)19/h3-4,7-8,10-11,15,22H,2,5-6,9H2,1H3/t15-/m1/s1. The topological polar surface area (TPSA) is 50.2 Å². The number of hydrogen-bond acceptors (Lipinski definition) is 3. The first-order chi connectivity index (χ1) is 11.0. The summed E-state index contributed by atoms with van der Waals surface area (Å²) < 4.78 is 14.9. The summed E-state index contributed by atoms with van der Waals surface area (Å²) in [7, 11) is 0. The molecule has 0 fully saturated rings. The highest BCUT2D eigenvalue weighted by atomic mass is 127. The number of carbonyl (C=O) groups excluding carboxylic acids is 1. The number of halogens is 2. The van der Waals surface area contributed by atoms with E-state index < -0.39 is 6.10 Å². The van der Waals surface area contributed by atoms with Crippen molar-refractivity contribution in [2.24, 2.45) is 0 Å². The van der Waals surface area contributed by atoms with Gasteiger partial charge in [-0.2, -0.15) is 0 Å². The van der Waals surface area contributed by atoms with Crippen LogP contribution in [0.2, 0.25) is 0 Å². The summed E-state index contributed by atoms with van der Waals surface area (Å²) in [6.45, 7) is 1.88. The molecular formula is C18H19FINO2. The zero-order valence-electron chi connectivity index (χ0n) is 12.9. The Morgan fingerprint density at radius 3 is 2.83 bits per heavy atom. The van der Waals surface area contributed by atoms with Crippen molar-refractivity contribution in [1.29, 1.82) is 0 Å². The fourth-order valence-electron chi connectivity index (χ4n) is 2.35. The predicted molar refractivity (Wildman–Crippen MR) is 96.0 cm³/mol. The molecular weight excluding hydrogens is 408 g/mol. The summed E-state index contributed by atoms with van der Waals surface area (Å²) in [4.78, 5) is 16.4. The number of nitrogens with zero attached hydrogens (tertiary/aromatic N) is 1. The van der Waals surface area contributed by atoms with Crippen LogP contribution in [-0.2, 0) is 6.42 Å². The van der Waals surface area contributed by atoms with Crippen LogP contribution in [0.5, 0.6) is 0 Å². The van der Waals surface area contributed by atoms with Crippen LogP contribution in [0.1, 0.15) is 47.7 Å². The lowest BCUT2D eigenvalue weighted by atomic mass is 9.96. The average Bonchev–Trinajstić information content (AvgIpc) is 2.55. The van der Waals surface area contributed by atoms with E-state index in [1.54, 1.807) is 24.5 Å². The van der Waals surface area contributed by atoms with Gasteiger partial charge >= 0.3 is 0 Å². The largest absolute Gasteiger partial charge is 0.393 e. The van der Waals surface area contributed by atoms with Gasteiger partial charge in [0, 0.05) is 34.4 Å². The third-order valence-corrected chi connectivity index (χ3v) is 4.45. The van der Waals surface area contributed by atoms with E-state index in [-0.39, 0.29) is 18.0 Å². The van der Waals surface area contributed by atoms with Crippen LogP contribution < -0.4 is 0 Å². The smallest absolute Gasteiger partial charge is 0.163 e. The molecule has 1 N–H and O–H groups in total. The number of carbonyl (C=O) groups is 1. The number of Topliss-reactive ketones (excluding diaryl/α,β-unsaturated/α-hetero) is 1. The summed E-state index contributed by atoms with van der Waals surface area (Å²) in [5.74, 6) is -0.318. The highest BCUT2D eigenvalue weighted by Crippen LogP contribution is 2.20. The van der Waals surface area contributed by atoms with Gasteiger partial charge in [0.05, 0.1) is 6.10 Å². The highest BCUT2D eigenvalue weighted by Gasteiger charge is 2.15.